The Kier molecular flexibility index (Phi) is 7.46. The number of nitrogens with two attached hydrogens (primary N) is 1. The summed E-state index contributed by atoms with van der Waals surface area (Å²) in [5, 5.41) is 0.452. The van der Waals surface area contributed by atoms with E-state index >= 15 is 0 Å². The number of hydrogen-bond donors (Lipinski definition) is 2. The van der Waals surface area contributed by atoms with E-state index < -0.39 is 16.1 Å². The number of hydrogen-bond acceptors (Lipinski definition) is 4. The molecule has 3 rings (SSSR count). The van der Waals surface area contributed by atoms with Crippen LogP contribution in [0.4, 0.5) is 4.39 Å². The van der Waals surface area contributed by atoms with Gasteiger partial charge < -0.3 is 10.6 Å². The van der Waals surface area contributed by atoms with Crippen LogP contribution >= 0.6 is 11.6 Å². The highest BCUT2D eigenvalue weighted by Crippen LogP contribution is 2.20. The van der Waals surface area contributed by atoms with E-state index in [1.165, 1.54) is 30.3 Å². The molecule has 0 spiro atoms. The first-order valence-corrected chi connectivity index (χ1v) is 11.7. The van der Waals surface area contributed by atoms with E-state index in [2.05, 4.69) is 4.72 Å². The Labute approximate surface area is 181 Å². The average Bonchev–Trinajstić information content (AvgIpc) is 3.17. The van der Waals surface area contributed by atoms with Crippen LogP contribution in [-0.2, 0) is 21.2 Å². The van der Waals surface area contributed by atoms with Gasteiger partial charge >= 0.3 is 0 Å². The molecule has 0 aliphatic carbocycles. The lowest BCUT2D eigenvalue weighted by molar-refractivity contribution is -0.132. The molecule has 1 saturated heterocycles. The van der Waals surface area contributed by atoms with Crippen molar-refractivity contribution in [3.63, 3.8) is 0 Å². The lowest BCUT2D eigenvalue weighted by atomic mass is 10.0. The van der Waals surface area contributed by atoms with Crippen molar-refractivity contribution in [2.75, 3.05) is 13.1 Å². The number of carbonyl (C=O) groups is 1. The van der Waals surface area contributed by atoms with E-state index in [4.69, 9.17) is 17.3 Å². The van der Waals surface area contributed by atoms with E-state index in [0.717, 1.165) is 6.42 Å². The molecule has 3 N–H and O–H groups in total. The number of carbonyl (C=O) groups excluding carboxylic acids is 1. The summed E-state index contributed by atoms with van der Waals surface area (Å²) in [6.07, 6.45) is 1.84. The number of nitrogens with one attached hydrogen (secondary N) is 1. The topological polar surface area (TPSA) is 92.5 Å². The quantitative estimate of drug-likeness (QED) is 0.642. The van der Waals surface area contributed by atoms with Gasteiger partial charge in [0.25, 0.3) is 0 Å². The fourth-order valence-corrected chi connectivity index (χ4v) is 4.84. The van der Waals surface area contributed by atoms with Gasteiger partial charge in [-0.3, -0.25) is 4.79 Å². The molecule has 9 heteroatoms. The van der Waals surface area contributed by atoms with Gasteiger partial charge in [0.15, 0.2) is 0 Å². The largest absolute Gasteiger partial charge is 0.338 e. The summed E-state index contributed by atoms with van der Waals surface area (Å²) >= 11 is 5.81. The Morgan fingerprint density at radius 2 is 1.93 bits per heavy atom. The van der Waals surface area contributed by atoms with Crippen LogP contribution in [0.25, 0.3) is 0 Å². The van der Waals surface area contributed by atoms with Crippen molar-refractivity contribution in [1.29, 1.82) is 0 Å². The second-order valence-electron chi connectivity index (χ2n) is 7.45. The zero-order valence-corrected chi connectivity index (χ0v) is 18.0. The van der Waals surface area contributed by atoms with Gasteiger partial charge in [0.1, 0.15) is 5.82 Å². The lowest BCUT2D eigenvalue weighted by Crippen LogP contribution is -2.44. The molecule has 2 aromatic carbocycles. The fraction of sp³-hybridized carbons (Fsp3) is 0.381. The maximum atomic E-state index is 13.8. The van der Waals surface area contributed by atoms with Crippen molar-refractivity contribution < 1.29 is 17.6 Å². The zero-order valence-electron chi connectivity index (χ0n) is 16.4. The fourth-order valence-electron chi connectivity index (χ4n) is 3.64. The molecule has 2 aromatic rings. The minimum atomic E-state index is -3.70. The summed E-state index contributed by atoms with van der Waals surface area (Å²) in [6, 6.07) is 11.5. The molecular weight excluding hydrogens is 429 g/mol. The van der Waals surface area contributed by atoms with Crippen LogP contribution in [0.5, 0.6) is 0 Å². The molecule has 1 unspecified atom stereocenters. The number of nitrogens with zero attached hydrogens (tertiary/aromatic N) is 1. The zero-order chi connectivity index (χ0) is 21.7. The van der Waals surface area contributed by atoms with Gasteiger partial charge in [-0.15, -0.1) is 0 Å². The number of rotatable bonds is 8. The normalized spacial score (nSPS) is 17.8. The summed E-state index contributed by atoms with van der Waals surface area (Å²) in [6.45, 7) is 0.678. The van der Waals surface area contributed by atoms with Crippen LogP contribution in [0.2, 0.25) is 5.02 Å². The van der Waals surface area contributed by atoms with E-state index in [1.807, 2.05) is 0 Å². The van der Waals surface area contributed by atoms with Crippen molar-refractivity contribution >= 4 is 27.5 Å². The van der Waals surface area contributed by atoms with Crippen LogP contribution in [0.3, 0.4) is 0 Å². The Balaban J connectivity index is 1.56. The third-order valence-electron chi connectivity index (χ3n) is 5.21. The number of halogens is 2. The molecule has 0 aromatic heterocycles. The molecule has 30 heavy (non-hydrogen) atoms. The average molecular weight is 454 g/mol. The minimum absolute atomic E-state index is 0.0781. The van der Waals surface area contributed by atoms with Crippen LogP contribution in [-0.4, -0.2) is 44.4 Å². The van der Waals surface area contributed by atoms with Gasteiger partial charge in [-0.25, -0.2) is 17.5 Å². The molecule has 162 valence electrons. The number of likely N-dealkylation sites (tertiary alicyclic amines) is 1. The van der Waals surface area contributed by atoms with Crippen molar-refractivity contribution in [3.05, 3.63) is 64.9 Å². The van der Waals surface area contributed by atoms with Gasteiger partial charge in [0, 0.05) is 36.6 Å². The van der Waals surface area contributed by atoms with Crippen LogP contribution < -0.4 is 10.5 Å². The molecule has 1 aliphatic heterocycles. The highest BCUT2D eigenvalue weighted by atomic mass is 35.5. The van der Waals surface area contributed by atoms with Crippen molar-refractivity contribution in [2.24, 2.45) is 5.73 Å². The highest BCUT2D eigenvalue weighted by molar-refractivity contribution is 7.89. The molecule has 2 atom stereocenters. The predicted octanol–water partition coefficient (Wildman–Crippen LogP) is 2.71. The third kappa shape index (κ3) is 5.78. The Bertz CT molecular complexity index is 985. The highest BCUT2D eigenvalue weighted by Gasteiger charge is 2.30. The second kappa shape index (κ2) is 9.87. The monoisotopic (exact) mass is 453 g/mol. The molecular formula is C21H25ClFN3O3S. The molecule has 6 nitrogen and oxygen atoms in total. The molecule has 1 fully saturated rings. The minimum Gasteiger partial charge on any atom is -0.338 e. The first-order valence-electron chi connectivity index (χ1n) is 9.80. The molecule has 1 amide bonds. The summed E-state index contributed by atoms with van der Waals surface area (Å²) in [7, 11) is -3.70. The van der Waals surface area contributed by atoms with Gasteiger partial charge in [-0.1, -0.05) is 29.8 Å². The second-order valence-corrected chi connectivity index (χ2v) is 9.65. The van der Waals surface area contributed by atoms with Crippen LogP contribution in [0.15, 0.2) is 53.4 Å². The van der Waals surface area contributed by atoms with Gasteiger partial charge in [-0.2, -0.15) is 0 Å². The molecule has 0 saturated carbocycles. The first-order chi connectivity index (χ1) is 14.3. The number of sulfonamides is 1. The molecule has 0 bridgehead atoms. The summed E-state index contributed by atoms with van der Waals surface area (Å²) in [4.78, 5) is 14.5. The summed E-state index contributed by atoms with van der Waals surface area (Å²) in [5.74, 6) is -0.483. The van der Waals surface area contributed by atoms with E-state index in [1.54, 1.807) is 23.1 Å². The Hall–Kier alpha value is -2.00. The Morgan fingerprint density at radius 1 is 1.23 bits per heavy atom. The first kappa shape index (κ1) is 22.7. The van der Waals surface area contributed by atoms with Crippen LogP contribution in [0, 0.1) is 5.82 Å². The maximum Gasteiger partial charge on any atom is 0.240 e. The molecule has 0 radical (unpaired) electrons. The van der Waals surface area contributed by atoms with Gasteiger partial charge in [-0.05, 0) is 55.2 Å². The van der Waals surface area contributed by atoms with Gasteiger partial charge in [0.05, 0.1) is 4.90 Å². The van der Waals surface area contributed by atoms with Crippen molar-refractivity contribution in [1.82, 2.24) is 9.62 Å². The van der Waals surface area contributed by atoms with Gasteiger partial charge in [0.2, 0.25) is 15.9 Å². The predicted molar refractivity (Wildman–Crippen MR) is 114 cm³/mol. The van der Waals surface area contributed by atoms with E-state index in [-0.39, 0.29) is 42.0 Å². The molecule has 1 heterocycles. The summed E-state index contributed by atoms with van der Waals surface area (Å²) in [5.41, 5.74) is 6.56. The van der Waals surface area contributed by atoms with E-state index in [0.29, 0.717) is 23.6 Å². The lowest BCUT2D eigenvalue weighted by Gasteiger charge is -2.26. The van der Waals surface area contributed by atoms with Crippen LogP contribution in [0.1, 0.15) is 24.8 Å². The van der Waals surface area contributed by atoms with E-state index in [9.17, 15) is 17.6 Å². The van der Waals surface area contributed by atoms with Crippen molar-refractivity contribution in [2.45, 2.75) is 42.7 Å². The maximum absolute atomic E-state index is 13.8. The Morgan fingerprint density at radius 3 is 2.63 bits per heavy atom. The smallest absolute Gasteiger partial charge is 0.240 e. The standard InChI is InChI=1S/C21H25ClFN3O3S/c22-16-7-9-19(10-8-16)30(28,29)25-14-18-5-3-11-26(18)21(27)13-17(24)12-15-4-1-2-6-20(15)23/h1-2,4,6-10,17-18,25H,3,5,11-14,24H2/t17?,18-/m0/s1. The number of benzene rings is 2. The summed E-state index contributed by atoms with van der Waals surface area (Å²) < 4.78 is 41.3. The van der Waals surface area contributed by atoms with Crippen molar-refractivity contribution in [3.8, 4) is 0 Å². The number of amides is 1. The molecule has 1 aliphatic rings. The third-order valence-corrected chi connectivity index (χ3v) is 6.90. The SMILES string of the molecule is NC(CC(=O)N1CCC[C@H]1CNS(=O)(=O)c1ccc(Cl)cc1)Cc1ccccc1F.